The number of carbonyl (C=O) groups excluding carboxylic acids is 3. The summed E-state index contributed by atoms with van der Waals surface area (Å²) in [6.07, 6.45) is 6.61. The zero-order valence-corrected chi connectivity index (χ0v) is 21.7. The van der Waals surface area contributed by atoms with Crippen LogP contribution in [0, 0.1) is 0 Å². The van der Waals surface area contributed by atoms with E-state index in [1.807, 2.05) is 18.2 Å². The van der Waals surface area contributed by atoms with Crippen molar-refractivity contribution in [1.29, 1.82) is 0 Å². The van der Waals surface area contributed by atoms with Gasteiger partial charge in [0.2, 0.25) is 11.8 Å². The summed E-state index contributed by atoms with van der Waals surface area (Å²) in [6, 6.07) is 5.56. The summed E-state index contributed by atoms with van der Waals surface area (Å²) >= 11 is 0. The van der Waals surface area contributed by atoms with Gasteiger partial charge < -0.3 is 20.9 Å². The molecule has 0 bridgehead atoms. The molecule has 1 saturated heterocycles. The number of nitrogens with two attached hydrogens (primary N) is 1. The summed E-state index contributed by atoms with van der Waals surface area (Å²) in [6.45, 7) is 4.67. The third kappa shape index (κ3) is 4.96. The van der Waals surface area contributed by atoms with Crippen LogP contribution in [0.15, 0.2) is 37.2 Å². The molecule has 1 aliphatic heterocycles. The summed E-state index contributed by atoms with van der Waals surface area (Å²) in [4.78, 5) is 49.8. The first-order chi connectivity index (χ1) is 18.3. The number of aromatic nitrogens is 4. The van der Waals surface area contributed by atoms with Crippen LogP contribution in [0.3, 0.4) is 0 Å². The first-order valence-corrected chi connectivity index (χ1v) is 12.8. The van der Waals surface area contributed by atoms with Gasteiger partial charge in [0.1, 0.15) is 12.1 Å². The number of likely N-dealkylation sites (N-methyl/N-ethyl adjacent to an activating group) is 1. The van der Waals surface area contributed by atoms with Crippen molar-refractivity contribution in [1.82, 2.24) is 29.5 Å². The Balaban J connectivity index is 1.46. The second-order valence-corrected chi connectivity index (χ2v) is 10.2. The van der Waals surface area contributed by atoms with Crippen LogP contribution in [-0.4, -0.2) is 74.5 Å². The molecule has 1 aliphatic carbocycles. The predicted molar refractivity (Wildman–Crippen MR) is 144 cm³/mol. The van der Waals surface area contributed by atoms with Crippen molar-refractivity contribution in [2.75, 3.05) is 38.2 Å². The maximum atomic E-state index is 13.6. The number of hydrogen-bond acceptors (Lipinski definition) is 7. The van der Waals surface area contributed by atoms with Gasteiger partial charge >= 0.3 is 0 Å². The van der Waals surface area contributed by atoms with Gasteiger partial charge in [0.05, 0.1) is 17.8 Å². The SMILES string of the molecule is C=CC(=O)N1CCCC(n2nc(C(=O)Nc3ccc(CC(=O)N(C)C)cc3C3CC3)c3c(N)ncnc32)C1. The summed E-state index contributed by atoms with van der Waals surface area (Å²) in [7, 11) is 3.47. The second-order valence-electron chi connectivity index (χ2n) is 10.2. The fraction of sp³-hybridized carbons (Fsp3) is 0.407. The Morgan fingerprint density at radius 2 is 2.00 bits per heavy atom. The van der Waals surface area contributed by atoms with Gasteiger partial charge in [-0.25, -0.2) is 14.6 Å². The molecule has 3 heterocycles. The normalized spacial score (nSPS) is 17.3. The number of anilines is 2. The van der Waals surface area contributed by atoms with E-state index in [0.717, 1.165) is 36.8 Å². The highest BCUT2D eigenvalue weighted by atomic mass is 16.2. The molecule has 1 aromatic carbocycles. The molecule has 198 valence electrons. The molecule has 5 rings (SSSR count). The topological polar surface area (TPSA) is 139 Å². The number of fused-ring (bicyclic) bond motifs is 1. The number of benzene rings is 1. The lowest BCUT2D eigenvalue weighted by atomic mass is 10.0. The zero-order valence-electron chi connectivity index (χ0n) is 21.7. The Kier molecular flexibility index (Phi) is 6.83. The minimum absolute atomic E-state index is 0.0204. The van der Waals surface area contributed by atoms with Gasteiger partial charge in [-0.2, -0.15) is 5.10 Å². The number of rotatable bonds is 7. The molecule has 1 atom stereocenters. The summed E-state index contributed by atoms with van der Waals surface area (Å²) in [5, 5.41) is 8.08. The molecule has 3 N–H and O–H groups in total. The minimum atomic E-state index is -0.413. The van der Waals surface area contributed by atoms with Crippen molar-refractivity contribution in [3.63, 3.8) is 0 Å². The Morgan fingerprint density at radius 3 is 2.71 bits per heavy atom. The molecule has 38 heavy (non-hydrogen) atoms. The Bertz CT molecular complexity index is 1430. The average molecular weight is 517 g/mol. The molecule has 3 amide bonds. The van der Waals surface area contributed by atoms with E-state index in [-0.39, 0.29) is 29.4 Å². The van der Waals surface area contributed by atoms with Crippen LogP contribution in [0.2, 0.25) is 0 Å². The number of hydrogen-bond donors (Lipinski definition) is 2. The van der Waals surface area contributed by atoms with Crippen molar-refractivity contribution >= 4 is 40.3 Å². The quantitative estimate of drug-likeness (QED) is 0.460. The van der Waals surface area contributed by atoms with Crippen LogP contribution in [0.1, 0.15) is 59.3 Å². The molecule has 3 aromatic rings. The number of nitrogens with one attached hydrogen (secondary N) is 1. The van der Waals surface area contributed by atoms with Gasteiger partial charge in [0.15, 0.2) is 11.3 Å². The monoisotopic (exact) mass is 516 g/mol. The zero-order chi connectivity index (χ0) is 27.0. The number of likely N-dealkylation sites (tertiary alicyclic amines) is 1. The molecule has 0 spiro atoms. The molecule has 11 nitrogen and oxygen atoms in total. The van der Waals surface area contributed by atoms with Gasteiger partial charge in [-0.05, 0) is 54.9 Å². The van der Waals surface area contributed by atoms with Crippen LogP contribution in [0.5, 0.6) is 0 Å². The lowest BCUT2D eigenvalue weighted by molar-refractivity contribution is -0.128. The van der Waals surface area contributed by atoms with Crippen LogP contribution in [-0.2, 0) is 16.0 Å². The Hall–Kier alpha value is -4.28. The highest BCUT2D eigenvalue weighted by Crippen LogP contribution is 2.44. The molecular formula is C27H32N8O3. The van der Waals surface area contributed by atoms with Crippen molar-refractivity contribution in [3.05, 3.63) is 54.0 Å². The molecule has 2 aliphatic rings. The molecular weight excluding hydrogens is 484 g/mol. The third-order valence-corrected chi connectivity index (χ3v) is 7.20. The fourth-order valence-electron chi connectivity index (χ4n) is 4.97. The molecule has 0 radical (unpaired) electrons. The molecule has 11 heteroatoms. The van der Waals surface area contributed by atoms with Crippen LogP contribution in [0.25, 0.3) is 11.0 Å². The first-order valence-electron chi connectivity index (χ1n) is 12.8. The van der Waals surface area contributed by atoms with Gasteiger partial charge in [-0.3, -0.25) is 14.4 Å². The largest absolute Gasteiger partial charge is 0.383 e. The van der Waals surface area contributed by atoms with E-state index < -0.39 is 5.91 Å². The number of nitrogens with zero attached hydrogens (tertiary/aromatic N) is 6. The number of nitrogen functional groups attached to an aromatic ring is 1. The van der Waals surface area contributed by atoms with Crippen LogP contribution in [0.4, 0.5) is 11.5 Å². The molecule has 2 fully saturated rings. The smallest absolute Gasteiger partial charge is 0.277 e. The Labute approximate surface area is 220 Å². The molecule has 2 aromatic heterocycles. The van der Waals surface area contributed by atoms with Crippen molar-refractivity contribution in [2.24, 2.45) is 0 Å². The third-order valence-electron chi connectivity index (χ3n) is 7.20. The number of piperidine rings is 1. The Morgan fingerprint density at radius 1 is 1.21 bits per heavy atom. The second kappa shape index (κ2) is 10.2. The molecule has 1 unspecified atom stereocenters. The highest BCUT2D eigenvalue weighted by molar-refractivity contribution is 6.13. The van der Waals surface area contributed by atoms with E-state index in [4.69, 9.17) is 5.73 Å². The fourth-order valence-corrected chi connectivity index (χ4v) is 4.97. The van der Waals surface area contributed by atoms with Crippen LogP contribution >= 0.6 is 0 Å². The number of carbonyl (C=O) groups is 3. The van der Waals surface area contributed by atoms with E-state index >= 15 is 0 Å². The van der Waals surface area contributed by atoms with Crippen molar-refractivity contribution < 1.29 is 14.4 Å². The molecule has 1 saturated carbocycles. The van der Waals surface area contributed by atoms with E-state index in [0.29, 0.717) is 42.1 Å². The van der Waals surface area contributed by atoms with E-state index in [1.54, 1.807) is 28.6 Å². The van der Waals surface area contributed by atoms with Crippen LogP contribution < -0.4 is 11.1 Å². The summed E-state index contributed by atoms with van der Waals surface area (Å²) in [5.41, 5.74) is 9.42. The maximum absolute atomic E-state index is 13.6. The standard InChI is InChI=1S/C27H32N8O3/c1-4-21(36)34-11-5-6-18(14-34)35-26-23(25(28)29-15-30-26)24(32-35)27(38)31-20-10-7-16(13-22(37)33(2)3)12-19(20)17-8-9-17/h4,7,10,12,15,17-18H,1,5-6,8-9,11,13-14H2,2-3H3,(H,31,38)(H2,28,29,30). The maximum Gasteiger partial charge on any atom is 0.277 e. The van der Waals surface area contributed by atoms with Crippen molar-refractivity contribution in [3.8, 4) is 0 Å². The van der Waals surface area contributed by atoms with Gasteiger partial charge in [0.25, 0.3) is 5.91 Å². The van der Waals surface area contributed by atoms with Gasteiger partial charge in [-0.15, -0.1) is 0 Å². The van der Waals surface area contributed by atoms with E-state index in [1.165, 1.54) is 12.4 Å². The first kappa shape index (κ1) is 25.4. The predicted octanol–water partition coefficient (Wildman–Crippen LogP) is 2.52. The van der Waals surface area contributed by atoms with E-state index in [2.05, 4.69) is 27.0 Å². The lowest BCUT2D eigenvalue weighted by Crippen LogP contribution is -2.40. The van der Waals surface area contributed by atoms with Crippen molar-refractivity contribution in [2.45, 2.75) is 44.1 Å². The summed E-state index contributed by atoms with van der Waals surface area (Å²) < 4.78 is 1.70. The van der Waals surface area contributed by atoms with Gasteiger partial charge in [0, 0.05) is 32.9 Å². The number of amides is 3. The van der Waals surface area contributed by atoms with Gasteiger partial charge in [-0.1, -0.05) is 18.7 Å². The summed E-state index contributed by atoms with van der Waals surface area (Å²) in [5.74, 6) is -0.0167. The van der Waals surface area contributed by atoms with E-state index in [9.17, 15) is 14.4 Å². The average Bonchev–Trinajstić information content (AvgIpc) is 3.68. The lowest BCUT2D eigenvalue weighted by Gasteiger charge is -2.32. The highest BCUT2D eigenvalue weighted by Gasteiger charge is 2.31. The minimum Gasteiger partial charge on any atom is -0.383 e.